The molecule has 15 heavy (non-hydrogen) atoms. The summed E-state index contributed by atoms with van der Waals surface area (Å²) in [6.45, 7) is 3.94. The Balaban J connectivity index is 3.01. The number of halogens is 1. The molecule has 0 aliphatic carbocycles. The molecular weight excluding hydrogens is 210 g/mol. The van der Waals surface area contributed by atoms with Crippen LogP contribution in [0.25, 0.3) is 10.9 Å². The third-order valence-electron chi connectivity index (χ3n) is 2.80. The van der Waals surface area contributed by atoms with Crippen LogP contribution in [0.15, 0.2) is 12.1 Å². The molecule has 0 N–H and O–H groups in total. The molecule has 2 nitrogen and oxygen atoms in total. The summed E-state index contributed by atoms with van der Waals surface area (Å²) >= 11 is 6.17. The van der Waals surface area contributed by atoms with E-state index in [2.05, 4.69) is 6.07 Å². The Morgan fingerprint density at radius 1 is 1.33 bits per heavy atom. The van der Waals surface area contributed by atoms with Crippen LogP contribution in [0.2, 0.25) is 5.02 Å². The number of aryl methyl sites for hydroxylation is 3. The number of aldehydes is 1. The number of carbonyl (C=O) groups is 1. The minimum absolute atomic E-state index is 0.692. The van der Waals surface area contributed by atoms with Crippen molar-refractivity contribution in [3.63, 3.8) is 0 Å². The van der Waals surface area contributed by atoms with E-state index in [4.69, 9.17) is 11.6 Å². The number of rotatable bonds is 1. The van der Waals surface area contributed by atoms with Gasteiger partial charge in [0, 0.05) is 12.4 Å². The van der Waals surface area contributed by atoms with Gasteiger partial charge in [-0.3, -0.25) is 4.79 Å². The average Bonchev–Trinajstić information content (AvgIpc) is 2.39. The lowest BCUT2D eigenvalue weighted by Gasteiger charge is -2.01. The van der Waals surface area contributed by atoms with Gasteiger partial charge < -0.3 is 4.57 Å². The van der Waals surface area contributed by atoms with E-state index < -0.39 is 0 Å². The molecule has 0 unspecified atom stereocenters. The van der Waals surface area contributed by atoms with E-state index in [1.165, 1.54) is 0 Å². The maximum Gasteiger partial charge on any atom is 0.166 e. The fourth-order valence-corrected chi connectivity index (χ4v) is 2.44. The van der Waals surface area contributed by atoms with E-state index in [1.807, 2.05) is 31.5 Å². The van der Waals surface area contributed by atoms with Crippen molar-refractivity contribution in [1.29, 1.82) is 0 Å². The Morgan fingerprint density at radius 3 is 2.60 bits per heavy atom. The minimum atomic E-state index is 0.692. The molecule has 2 aromatic rings. The Morgan fingerprint density at radius 2 is 2.00 bits per heavy atom. The third-order valence-corrected chi connectivity index (χ3v) is 3.09. The molecule has 2 rings (SSSR count). The first-order valence-electron chi connectivity index (χ1n) is 4.76. The van der Waals surface area contributed by atoms with Crippen LogP contribution in [-0.2, 0) is 7.05 Å². The molecular formula is C12H12ClNO. The summed E-state index contributed by atoms with van der Waals surface area (Å²) in [5, 5.41) is 1.76. The SMILES string of the molecule is Cc1cc(Cl)c2c(c1)c(C)c(C=O)n2C. The summed E-state index contributed by atoms with van der Waals surface area (Å²) in [5.41, 5.74) is 3.73. The van der Waals surface area contributed by atoms with E-state index in [0.29, 0.717) is 10.7 Å². The maximum absolute atomic E-state index is 11.0. The minimum Gasteiger partial charge on any atom is -0.340 e. The number of benzene rings is 1. The monoisotopic (exact) mass is 221 g/mol. The predicted octanol–water partition coefficient (Wildman–Crippen LogP) is 3.26. The number of aromatic nitrogens is 1. The van der Waals surface area contributed by atoms with Crippen LogP contribution in [0, 0.1) is 13.8 Å². The molecule has 0 aliphatic rings. The van der Waals surface area contributed by atoms with E-state index in [9.17, 15) is 4.79 Å². The predicted molar refractivity (Wildman–Crippen MR) is 62.8 cm³/mol. The van der Waals surface area contributed by atoms with Gasteiger partial charge in [0.2, 0.25) is 0 Å². The highest BCUT2D eigenvalue weighted by Crippen LogP contribution is 2.30. The standard InChI is InChI=1S/C12H12ClNO/c1-7-4-9-8(2)11(6-15)14(3)12(9)10(13)5-7/h4-6H,1-3H3. The number of hydrogen-bond acceptors (Lipinski definition) is 1. The number of fused-ring (bicyclic) bond motifs is 1. The highest BCUT2D eigenvalue weighted by molar-refractivity contribution is 6.35. The molecule has 1 aromatic carbocycles. The molecule has 0 radical (unpaired) electrons. The molecule has 0 aliphatic heterocycles. The molecule has 0 bridgehead atoms. The van der Waals surface area contributed by atoms with Crippen molar-refractivity contribution in [3.8, 4) is 0 Å². The topological polar surface area (TPSA) is 22.0 Å². The second kappa shape index (κ2) is 3.38. The quantitative estimate of drug-likeness (QED) is 0.678. The van der Waals surface area contributed by atoms with E-state index in [0.717, 1.165) is 28.3 Å². The zero-order valence-corrected chi connectivity index (χ0v) is 9.72. The van der Waals surface area contributed by atoms with Gasteiger partial charge in [-0.15, -0.1) is 0 Å². The van der Waals surface area contributed by atoms with Gasteiger partial charge in [-0.2, -0.15) is 0 Å². The molecule has 0 saturated heterocycles. The first kappa shape index (κ1) is 10.2. The van der Waals surface area contributed by atoms with Crippen LogP contribution in [0.3, 0.4) is 0 Å². The highest BCUT2D eigenvalue weighted by Gasteiger charge is 2.13. The van der Waals surface area contributed by atoms with Crippen molar-refractivity contribution in [2.45, 2.75) is 13.8 Å². The lowest BCUT2D eigenvalue weighted by atomic mass is 10.1. The average molecular weight is 222 g/mol. The number of carbonyl (C=O) groups excluding carboxylic acids is 1. The van der Waals surface area contributed by atoms with Gasteiger partial charge in [-0.05, 0) is 37.1 Å². The van der Waals surface area contributed by atoms with Crippen LogP contribution >= 0.6 is 11.6 Å². The molecule has 0 spiro atoms. The van der Waals surface area contributed by atoms with Crippen molar-refractivity contribution in [1.82, 2.24) is 4.57 Å². The van der Waals surface area contributed by atoms with Crippen LogP contribution in [0.1, 0.15) is 21.6 Å². The van der Waals surface area contributed by atoms with Crippen LogP contribution in [-0.4, -0.2) is 10.9 Å². The van der Waals surface area contributed by atoms with Crippen molar-refractivity contribution in [3.05, 3.63) is 34.0 Å². The van der Waals surface area contributed by atoms with Gasteiger partial charge in [-0.1, -0.05) is 11.6 Å². The van der Waals surface area contributed by atoms with Crippen LogP contribution in [0.4, 0.5) is 0 Å². The fourth-order valence-electron chi connectivity index (χ4n) is 2.04. The third kappa shape index (κ3) is 1.37. The van der Waals surface area contributed by atoms with Gasteiger partial charge >= 0.3 is 0 Å². The molecule has 0 atom stereocenters. The summed E-state index contributed by atoms with van der Waals surface area (Å²) in [6.07, 6.45) is 0.876. The van der Waals surface area contributed by atoms with Crippen molar-refractivity contribution in [2.75, 3.05) is 0 Å². The van der Waals surface area contributed by atoms with Crippen LogP contribution in [0.5, 0.6) is 0 Å². The lowest BCUT2D eigenvalue weighted by Crippen LogP contribution is -1.95. The van der Waals surface area contributed by atoms with Crippen molar-refractivity contribution < 1.29 is 4.79 Å². The molecule has 1 aromatic heterocycles. The van der Waals surface area contributed by atoms with Gasteiger partial charge in [0.05, 0.1) is 16.2 Å². The van der Waals surface area contributed by atoms with E-state index in [-0.39, 0.29) is 0 Å². The Labute approximate surface area is 93.5 Å². The second-order valence-electron chi connectivity index (χ2n) is 3.83. The van der Waals surface area contributed by atoms with Gasteiger partial charge in [-0.25, -0.2) is 0 Å². The number of hydrogen-bond donors (Lipinski definition) is 0. The summed E-state index contributed by atoms with van der Waals surface area (Å²) in [4.78, 5) is 11.0. The van der Waals surface area contributed by atoms with Gasteiger partial charge in [0.25, 0.3) is 0 Å². The van der Waals surface area contributed by atoms with Crippen molar-refractivity contribution in [2.24, 2.45) is 7.05 Å². The first-order chi connectivity index (χ1) is 7.06. The molecule has 0 saturated carbocycles. The Hall–Kier alpha value is -1.28. The molecule has 0 amide bonds. The Bertz CT molecular complexity index is 554. The van der Waals surface area contributed by atoms with Gasteiger partial charge in [0.1, 0.15) is 0 Å². The molecule has 0 fully saturated rings. The second-order valence-corrected chi connectivity index (χ2v) is 4.24. The summed E-state index contributed by atoms with van der Waals surface area (Å²) < 4.78 is 1.85. The summed E-state index contributed by atoms with van der Waals surface area (Å²) in [6, 6.07) is 3.97. The largest absolute Gasteiger partial charge is 0.340 e. The number of nitrogens with zero attached hydrogens (tertiary/aromatic N) is 1. The van der Waals surface area contributed by atoms with Gasteiger partial charge in [0.15, 0.2) is 6.29 Å². The smallest absolute Gasteiger partial charge is 0.166 e. The van der Waals surface area contributed by atoms with Crippen molar-refractivity contribution >= 4 is 28.8 Å². The fraction of sp³-hybridized carbons (Fsp3) is 0.250. The molecule has 3 heteroatoms. The van der Waals surface area contributed by atoms with Crippen LogP contribution < -0.4 is 0 Å². The summed E-state index contributed by atoms with van der Waals surface area (Å²) in [7, 11) is 1.86. The molecule has 78 valence electrons. The highest BCUT2D eigenvalue weighted by atomic mass is 35.5. The Kier molecular flexibility index (Phi) is 2.31. The zero-order valence-electron chi connectivity index (χ0n) is 8.97. The molecule has 1 heterocycles. The van der Waals surface area contributed by atoms with E-state index in [1.54, 1.807) is 0 Å². The van der Waals surface area contributed by atoms with E-state index >= 15 is 0 Å². The maximum atomic E-state index is 11.0. The lowest BCUT2D eigenvalue weighted by molar-refractivity contribution is 0.111. The summed E-state index contributed by atoms with van der Waals surface area (Å²) in [5.74, 6) is 0. The first-order valence-corrected chi connectivity index (χ1v) is 5.14. The zero-order chi connectivity index (χ0) is 11.2. The normalized spacial score (nSPS) is 10.9.